The Bertz CT molecular complexity index is 680. The molecule has 0 radical (unpaired) electrons. The molecule has 0 saturated heterocycles. The monoisotopic (exact) mass is 300 g/mol. The van der Waals surface area contributed by atoms with Crippen molar-refractivity contribution in [3.05, 3.63) is 42.0 Å². The molecule has 0 aliphatic carbocycles. The van der Waals surface area contributed by atoms with Crippen LogP contribution in [0.2, 0.25) is 0 Å². The van der Waals surface area contributed by atoms with Gasteiger partial charge in [-0.15, -0.1) is 0 Å². The van der Waals surface area contributed by atoms with Crippen molar-refractivity contribution in [2.75, 3.05) is 13.7 Å². The second-order valence-corrected chi connectivity index (χ2v) is 6.27. The summed E-state index contributed by atoms with van der Waals surface area (Å²) in [7, 11) is 1.65. The third-order valence-corrected chi connectivity index (χ3v) is 3.94. The van der Waals surface area contributed by atoms with Crippen LogP contribution in [0.25, 0.3) is 10.8 Å². The fraction of sp³-hybridized carbons (Fsp3) is 0.389. The van der Waals surface area contributed by atoms with Gasteiger partial charge in [-0.1, -0.05) is 24.3 Å². The van der Waals surface area contributed by atoms with E-state index in [0.29, 0.717) is 6.54 Å². The molecule has 0 heterocycles. The van der Waals surface area contributed by atoms with Gasteiger partial charge in [0.15, 0.2) is 0 Å². The summed E-state index contributed by atoms with van der Waals surface area (Å²) in [6, 6.07) is 12.0. The molecule has 1 amide bonds. The van der Waals surface area contributed by atoms with Crippen LogP contribution in [0.15, 0.2) is 36.4 Å². The zero-order chi connectivity index (χ0) is 16.3. The molecule has 2 rings (SSSR count). The fourth-order valence-electron chi connectivity index (χ4n) is 2.28. The van der Waals surface area contributed by atoms with Crippen LogP contribution in [-0.2, 0) is 4.79 Å². The summed E-state index contributed by atoms with van der Waals surface area (Å²) in [6.45, 7) is 6.16. The van der Waals surface area contributed by atoms with Crippen LogP contribution in [0.1, 0.15) is 32.3 Å². The van der Waals surface area contributed by atoms with Crippen molar-refractivity contribution in [1.29, 1.82) is 0 Å². The van der Waals surface area contributed by atoms with Crippen molar-refractivity contribution < 1.29 is 9.53 Å². The average Bonchev–Trinajstić information content (AvgIpc) is 2.52. The SMILES string of the molecule is COc1ccc2cc(C(C)C(=O)NC(C)(C)CN)ccc2c1. The maximum absolute atomic E-state index is 12.4. The number of nitrogens with one attached hydrogen (secondary N) is 1. The Morgan fingerprint density at radius 1 is 1.23 bits per heavy atom. The summed E-state index contributed by atoms with van der Waals surface area (Å²) in [5.41, 5.74) is 6.26. The van der Waals surface area contributed by atoms with E-state index in [1.165, 1.54) is 0 Å². The molecule has 0 fully saturated rings. The number of amides is 1. The summed E-state index contributed by atoms with van der Waals surface area (Å²) >= 11 is 0. The van der Waals surface area contributed by atoms with E-state index >= 15 is 0 Å². The number of benzene rings is 2. The molecule has 0 aromatic heterocycles. The van der Waals surface area contributed by atoms with Crippen molar-refractivity contribution >= 4 is 16.7 Å². The van der Waals surface area contributed by atoms with E-state index in [1.54, 1.807) is 7.11 Å². The van der Waals surface area contributed by atoms with Crippen LogP contribution in [0, 0.1) is 0 Å². The largest absolute Gasteiger partial charge is 0.497 e. The van der Waals surface area contributed by atoms with Crippen molar-refractivity contribution in [2.24, 2.45) is 5.73 Å². The van der Waals surface area contributed by atoms with E-state index in [4.69, 9.17) is 10.5 Å². The van der Waals surface area contributed by atoms with Crippen molar-refractivity contribution in [3.8, 4) is 5.75 Å². The summed E-state index contributed by atoms with van der Waals surface area (Å²) in [5.74, 6) is 0.594. The molecule has 0 aliphatic heterocycles. The Kier molecular flexibility index (Phi) is 4.71. The number of rotatable bonds is 5. The van der Waals surface area contributed by atoms with Gasteiger partial charge in [-0.2, -0.15) is 0 Å². The van der Waals surface area contributed by atoms with Gasteiger partial charge in [0, 0.05) is 12.1 Å². The Hall–Kier alpha value is -2.07. The number of methoxy groups -OCH3 is 1. The molecule has 0 spiro atoms. The first-order valence-corrected chi connectivity index (χ1v) is 7.46. The maximum atomic E-state index is 12.4. The van der Waals surface area contributed by atoms with Gasteiger partial charge in [0.2, 0.25) is 5.91 Å². The number of fused-ring (bicyclic) bond motifs is 1. The fourth-order valence-corrected chi connectivity index (χ4v) is 2.28. The normalized spacial score (nSPS) is 13.0. The van der Waals surface area contributed by atoms with Gasteiger partial charge >= 0.3 is 0 Å². The van der Waals surface area contributed by atoms with Gasteiger partial charge in [0.05, 0.1) is 13.0 Å². The van der Waals surface area contributed by atoms with Gasteiger partial charge in [-0.25, -0.2) is 0 Å². The van der Waals surface area contributed by atoms with E-state index in [-0.39, 0.29) is 11.8 Å². The van der Waals surface area contributed by atoms with Crippen molar-refractivity contribution in [1.82, 2.24) is 5.32 Å². The summed E-state index contributed by atoms with van der Waals surface area (Å²) in [5, 5.41) is 5.18. The molecule has 3 N–H and O–H groups in total. The minimum absolute atomic E-state index is 0.0108. The minimum Gasteiger partial charge on any atom is -0.497 e. The zero-order valence-corrected chi connectivity index (χ0v) is 13.6. The molecule has 4 heteroatoms. The van der Waals surface area contributed by atoms with Gasteiger partial charge < -0.3 is 15.8 Å². The lowest BCUT2D eigenvalue weighted by Crippen LogP contribution is -2.50. The molecule has 1 unspecified atom stereocenters. The highest BCUT2D eigenvalue weighted by molar-refractivity contribution is 5.88. The molecular weight excluding hydrogens is 276 g/mol. The Morgan fingerprint density at radius 2 is 1.86 bits per heavy atom. The molecule has 1 atom stereocenters. The summed E-state index contributed by atoms with van der Waals surface area (Å²) < 4.78 is 5.23. The van der Waals surface area contributed by atoms with Gasteiger partial charge in [0.25, 0.3) is 0 Å². The molecular formula is C18H24N2O2. The van der Waals surface area contributed by atoms with Crippen LogP contribution < -0.4 is 15.8 Å². The third-order valence-electron chi connectivity index (χ3n) is 3.94. The summed E-state index contributed by atoms with van der Waals surface area (Å²) in [4.78, 5) is 12.4. The number of carbonyl (C=O) groups excluding carboxylic acids is 1. The van der Waals surface area contributed by atoms with Crippen LogP contribution >= 0.6 is 0 Å². The van der Waals surface area contributed by atoms with Crippen molar-refractivity contribution in [2.45, 2.75) is 32.2 Å². The number of ether oxygens (including phenoxy) is 1. The first-order valence-electron chi connectivity index (χ1n) is 7.46. The predicted molar refractivity (Wildman–Crippen MR) is 90.2 cm³/mol. The van der Waals surface area contributed by atoms with E-state index in [2.05, 4.69) is 11.4 Å². The highest BCUT2D eigenvalue weighted by Gasteiger charge is 2.23. The lowest BCUT2D eigenvalue weighted by atomic mass is 9.95. The molecule has 4 nitrogen and oxygen atoms in total. The van der Waals surface area contributed by atoms with Gasteiger partial charge in [-0.05, 0) is 49.2 Å². The minimum atomic E-state index is -0.393. The topological polar surface area (TPSA) is 64.3 Å². The van der Waals surface area contributed by atoms with Crippen LogP contribution in [0.3, 0.4) is 0 Å². The molecule has 0 aliphatic rings. The lowest BCUT2D eigenvalue weighted by Gasteiger charge is -2.26. The molecule has 0 saturated carbocycles. The summed E-state index contributed by atoms with van der Waals surface area (Å²) in [6.07, 6.45) is 0. The molecule has 22 heavy (non-hydrogen) atoms. The van der Waals surface area contributed by atoms with Crippen LogP contribution in [0.4, 0.5) is 0 Å². The van der Waals surface area contributed by atoms with Gasteiger partial charge in [-0.3, -0.25) is 4.79 Å². The molecule has 118 valence electrons. The number of hydrogen-bond acceptors (Lipinski definition) is 3. The Labute approximate surface area is 131 Å². The number of nitrogens with two attached hydrogens (primary N) is 1. The highest BCUT2D eigenvalue weighted by atomic mass is 16.5. The molecule has 2 aromatic carbocycles. The van der Waals surface area contributed by atoms with E-state index in [0.717, 1.165) is 22.1 Å². The smallest absolute Gasteiger partial charge is 0.227 e. The quantitative estimate of drug-likeness (QED) is 0.892. The van der Waals surface area contributed by atoms with E-state index in [9.17, 15) is 4.79 Å². The predicted octanol–water partition coefficient (Wildman–Crippen LogP) is 2.81. The second-order valence-electron chi connectivity index (χ2n) is 6.27. The molecule has 0 bridgehead atoms. The number of carbonyl (C=O) groups is 1. The zero-order valence-electron chi connectivity index (χ0n) is 13.6. The first-order chi connectivity index (χ1) is 10.4. The Morgan fingerprint density at radius 3 is 2.50 bits per heavy atom. The van der Waals surface area contributed by atoms with Crippen LogP contribution in [-0.4, -0.2) is 25.1 Å². The second kappa shape index (κ2) is 6.36. The molecule has 2 aromatic rings. The van der Waals surface area contributed by atoms with Crippen molar-refractivity contribution in [3.63, 3.8) is 0 Å². The lowest BCUT2D eigenvalue weighted by molar-refractivity contribution is -0.123. The average molecular weight is 300 g/mol. The van der Waals surface area contributed by atoms with Crippen LogP contribution in [0.5, 0.6) is 5.75 Å². The van der Waals surface area contributed by atoms with E-state index < -0.39 is 5.54 Å². The third kappa shape index (κ3) is 3.57. The van der Waals surface area contributed by atoms with E-state index in [1.807, 2.05) is 51.1 Å². The standard InChI is InChI=1S/C18H24N2O2/c1-12(17(21)20-18(2,3)11-19)13-5-6-15-10-16(22-4)8-7-14(15)9-13/h5-10,12H,11,19H2,1-4H3,(H,20,21). The number of hydrogen-bond donors (Lipinski definition) is 2. The Balaban J connectivity index is 2.25. The van der Waals surface area contributed by atoms with Gasteiger partial charge in [0.1, 0.15) is 5.75 Å². The first kappa shape index (κ1) is 16.3. The maximum Gasteiger partial charge on any atom is 0.227 e. The highest BCUT2D eigenvalue weighted by Crippen LogP contribution is 2.25.